The lowest BCUT2D eigenvalue weighted by molar-refractivity contribution is -0.384. The summed E-state index contributed by atoms with van der Waals surface area (Å²) >= 11 is 0. The number of imidazole rings is 1. The maximum atomic E-state index is 13.7. The van der Waals surface area contributed by atoms with Crippen molar-refractivity contribution < 1.29 is 14.5 Å². The second kappa shape index (κ2) is 8.29. The molecule has 2 amide bonds. The van der Waals surface area contributed by atoms with Gasteiger partial charge in [0.25, 0.3) is 5.69 Å². The predicted molar refractivity (Wildman–Crippen MR) is 134 cm³/mol. The topological polar surface area (TPSA) is 119 Å². The molecule has 9 nitrogen and oxygen atoms in total. The van der Waals surface area contributed by atoms with Gasteiger partial charge in [0.1, 0.15) is 5.78 Å². The van der Waals surface area contributed by atoms with Crippen LogP contribution in [-0.4, -0.2) is 31.8 Å². The van der Waals surface area contributed by atoms with Gasteiger partial charge in [-0.25, -0.2) is 9.78 Å². The van der Waals surface area contributed by atoms with E-state index in [0.717, 1.165) is 49.8 Å². The van der Waals surface area contributed by atoms with Crippen molar-refractivity contribution in [1.29, 1.82) is 0 Å². The molecule has 1 aliphatic heterocycles. The number of aromatic nitrogens is 2. The molecule has 2 bridgehead atoms. The number of nitrogens with zero attached hydrogens (tertiary/aromatic N) is 3. The number of anilines is 1. The van der Waals surface area contributed by atoms with Crippen molar-refractivity contribution in [1.82, 2.24) is 14.9 Å². The second-order valence-electron chi connectivity index (χ2n) is 10.4. The third-order valence-electron chi connectivity index (χ3n) is 8.53. The molecule has 36 heavy (non-hydrogen) atoms. The summed E-state index contributed by atoms with van der Waals surface area (Å²) in [7, 11) is 0. The lowest BCUT2D eigenvalue weighted by Gasteiger charge is -2.53. The van der Waals surface area contributed by atoms with Gasteiger partial charge in [0.15, 0.2) is 0 Å². The van der Waals surface area contributed by atoms with Crippen molar-refractivity contribution in [3.63, 3.8) is 0 Å². The first-order chi connectivity index (χ1) is 17.4. The van der Waals surface area contributed by atoms with Crippen LogP contribution in [0.2, 0.25) is 0 Å². The van der Waals surface area contributed by atoms with Gasteiger partial charge < -0.3 is 15.2 Å². The smallest absolute Gasteiger partial charge is 0.319 e. The van der Waals surface area contributed by atoms with Gasteiger partial charge in [0.05, 0.1) is 29.2 Å². The first-order valence-corrected chi connectivity index (χ1v) is 12.4. The van der Waals surface area contributed by atoms with Gasteiger partial charge in [0.2, 0.25) is 0 Å². The van der Waals surface area contributed by atoms with E-state index in [9.17, 15) is 19.7 Å². The Morgan fingerprint density at radius 2 is 1.72 bits per heavy atom. The summed E-state index contributed by atoms with van der Waals surface area (Å²) in [5.41, 5.74) is 3.24. The zero-order valence-electron chi connectivity index (χ0n) is 19.8. The average molecular weight is 486 g/mol. The van der Waals surface area contributed by atoms with Crippen molar-refractivity contribution in [3.8, 4) is 11.3 Å². The van der Waals surface area contributed by atoms with E-state index >= 15 is 0 Å². The van der Waals surface area contributed by atoms with Crippen molar-refractivity contribution >= 4 is 23.2 Å². The summed E-state index contributed by atoms with van der Waals surface area (Å²) in [6.45, 7) is 0. The molecule has 7 rings (SSSR count). The number of hydrogen-bond acceptors (Lipinski definition) is 5. The molecule has 3 saturated carbocycles. The van der Waals surface area contributed by atoms with E-state index in [1.807, 2.05) is 24.7 Å². The Morgan fingerprint density at radius 1 is 1.03 bits per heavy atom. The van der Waals surface area contributed by atoms with E-state index < -0.39 is 4.92 Å². The largest absolute Gasteiger partial charge is 0.332 e. The Labute approximate surface area is 208 Å². The average Bonchev–Trinajstić information content (AvgIpc) is 3.48. The van der Waals surface area contributed by atoms with Crippen LogP contribution in [-0.2, 0) is 4.79 Å². The number of benzene rings is 2. The molecule has 0 saturated heterocycles. The highest BCUT2D eigenvalue weighted by Crippen LogP contribution is 2.54. The molecule has 4 aliphatic rings. The maximum Gasteiger partial charge on any atom is 0.319 e. The summed E-state index contributed by atoms with van der Waals surface area (Å²) in [5.74, 6) is 0.312. The number of nitro benzene ring substituents is 1. The third kappa shape index (κ3) is 3.66. The van der Waals surface area contributed by atoms with Crippen LogP contribution in [0.1, 0.15) is 56.6 Å². The molecule has 2 heterocycles. The van der Waals surface area contributed by atoms with E-state index in [0.29, 0.717) is 17.9 Å². The van der Waals surface area contributed by atoms with Gasteiger partial charge in [-0.2, -0.15) is 0 Å². The van der Waals surface area contributed by atoms with E-state index in [1.165, 1.54) is 29.8 Å². The minimum Gasteiger partial charge on any atom is -0.332 e. The molecule has 184 valence electrons. The van der Waals surface area contributed by atoms with Crippen molar-refractivity contribution in [2.24, 2.45) is 5.41 Å². The number of urea groups is 1. The highest BCUT2D eigenvalue weighted by Gasteiger charge is 2.53. The fourth-order valence-electron chi connectivity index (χ4n) is 6.39. The van der Waals surface area contributed by atoms with E-state index in [1.54, 1.807) is 0 Å². The number of hydrogen-bond donors (Lipinski definition) is 2. The van der Waals surface area contributed by atoms with E-state index in [2.05, 4.69) is 32.3 Å². The number of amides is 2. The molecule has 2 aromatic carbocycles. The molecule has 3 aliphatic carbocycles. The van der Waals surface area contributed by atoms with Crippen molar-refractivity contribution in [2.75, 3.05) is 5.32 Å². The Hall–Kier alpha value is -4.01. The van der Waals surface area contributed by atoms with Gasteiger partial charge in [-0.05, 0) is 56.2 Å². The second-order valence-corrected chi connectivity index (χ2v) is 10.4. The molecule has 3 aromatic rings. The first-order valence-electron chi connectivity index (χ1n) is 12.4. The number of rotatable bonds is 6. The van der Waals surface area contributed by atoms with Crippen molar-refractivity contribution in [2.45, 2.75) is 56.5 Å². The molecule has 0 radical (unpaired) electrons. The number of carbonyl (C=O) groups excluding carboxylic acids is 2. The molecule has 2 N–H and O–H groups in total. The minimum absolute atomic E-state index is 0.0141. The minimum atomic E-state index is -0.472. The zero-order valence-corrected chi connectivity index (χ0v) is 19.8. The molecular weight excluding hydrogens is 458 g/mol. The Bertz CT molecular complexity index is 1340. The number of carbonyl (C=O) groups is 2. The lowest BCUT2D eigenvalue weighted by atomic mass is 9.55. The Balaban J connectivity index is 1.10. The van der Waals surface area contributed by atoms with Crippen LogP contribution < -0.4 is 10.6 Å². The van der Waals surface area contributed by atoms with Gasteiger partial charge in [-0.1, -0.05) is 24.3 Å². The number of non-ortho nitro benzene ring substituents is 1. The summed E-state index contributed by atoms with van der Waals surface area (Å²) < 4.78 is 2.12. The molecule has 3 fully saturated rings. The lowest BCUT2D eigenvalue weighted by Crippen LogP contribution is -2.59. The van der Waals surface area contributed by atoms with Gasteiger partial charge in [-0.15, -0.1) is 0 Å². The summed E-state index contributed by atoms with van der Waals surface area (Å²) in [4.78, 5) is 41.1. The van der Waals surface area contributed by atoms with Crippen molar-refractivity contribution in [3.05, 3.63) is 76.7 Å². The van der Waals surface area contributed by atoms with Gasteiger partial charge >= 0.3 is 6.03 Å². The number of ketones is 1. The van der Waals surface area contributed by atoms with E-state index in [-0.39, 0.29) is 28.7 Å². The number of Topliss-reactive ketones (excluding diaryl/α,β-unsaturated/α-hetero) is 1. The van der Waals surface area contributed by atoms with Crippen LogP contribution >= 0.6 is 0 Å². The molecule has 1 unspecified atom stereocenters. The highest BCUT2D eigenvalue weighted by atomic mass is 16.6. The van der Waals surface area contributed by atoms with E-state index in [4.69, 9.17) is 0 Å². The van der Waals surface area contributed by atoms with Crippen LogP contribution in [0.4, 0.5) is 16.2 Å². The third-order valence-corrected chi connectivity index (χ3v) is 8.53. The van der Waals surface area contributed by atoms with Crippen LogP contribution in [0, 0.1) is 15.5 Å². The summed E-state index contributed by atoms with van der Waals surface area (Å²) in [5, 5.41) is 16.8. The Morgan fingerprint density at radius 3 is 2.42 bits per heavy atom. The zero-order chi connectivity index (χ0) is 24.9. The summed E-state index contributed by atoms with van der Waals surface area (Å²) in [6, 6.07) is 13.7. The first kappa shape index (κ1) is 22.5. The molecular formula is C27H27N5O4. The van der Waals surface area contributed by atoms with Crippen LogP contribution in [0.3, 0.4) is 0 Å². The Kier molecular flexibility index (Phi) is 5.17. The molecule has 1 aromatic heterocycles. The highest BCUT2D eigenvalue weighted by molar-refractivity contribution is 5.90. The van der Waals surface area contributed by atoms with Crippen LogP contribution in [0.5, 0.6) is 0 Å². The monoisotopic (exact) mass is 485 g/mol. The maximum absolute atomic E-state index is 13.7. The molecule has 0 spiro atoms. The van der Waals surface area contributed by atoms with Crippen LogP contribution in [0.25, 0.3) is 11.3 Å². The van der Waals surface area contributed by atoms with Crippen LogP contribution in [0.15, 0.2) is 61.1 Å². The number of nitro groups is 1. The summed E-state index contributed by atoms with van der Waals surface area (Å²) in [6.07, 6.45) is 8.77. The van der Waals surface area contributed by atoms with Gasteiger partial charge in [-0.3, -0.25) is 14.9 Å². The SMILES string of the molecule is O=C(Nc1ccc([N+](=O)[O-])cc1)NC12CCC(C(=O)CC3c4ccccc4-c4cncn43)(CC1)CC2. The quantitative estimate of drug-likeness (QED) is 0.366. The standard InChI is InChI=1S/C27H27N5O4/c33-24(15-22-20-3-1-2-4-21(20)23-16-28-17-31(22)23)26-9-12-27(13-10-26,14-11-26)30-25(34)29-18-5-7-19(8-6-18)32(35)36/h1-8,16-17,22H,9-15H2,(H2,29,30,34). The number of nitrogens with one attached hydrogen (secondary N) is 2. The van der Waals surface area contributed by atoms with Gasteiger partial charge in [0, 0.05) is 40.8 Å². The number of fused-ring (bicyclic) bond motifs is 6. The predicted octanol–water partition coefficient (Wildman–Crippen LogP) is 5.24. The molecule has 1 atom stereocenters. The normalized spacial score (nSPS) is 25.6. The fraction of sp³-hybridized carbons (Fsp3) is 0.370. The molecule has 9 heteroatoms. The fourth-order valence-corrected chi connectivity index (χ4v) is 6.39.